The van der Waals surface area contributed by atoms with Crippen LogP contribution in [-0.4, -0.2) is 35.9 Å². The highest BCUT2D eigenvalue weighted by molar-refractivity contribution is 7.99. The van der Waals surface area contributed by atoms with Gasteiger partial charge in [-0.1, -0.05) is 0 Å². The molecule has 0 N–H and O–H groups in total. The van der Waals surface area contributed by atoms with Crippen molar-refractivity contribution in [2.45, 2.75) is 18.6 Å². The summed E-state index contributed by atoms with van der Waals surface area (Å²) in [4.78, 5) is 37.2. The normalized spacial score (nSPS) is 19.1. The average Bonchev–Trinajstić information content (AvgIpc) is 2.74. The third-order valence-electron chi connectivity index (χ3n) is 3.43. The van der Waals surface area contributed by atoms with E-state index in [1.807, 2.05) is 0 Å². The van der Waals surface area contributed by atoms with Crippen LogP contribution >= 0.6 is 11.8 Å². The monoisotopic (exact) mass is 343 g/mol. The van der Waals surface area contributed by atoms with Crippen LogP contribution in [0.15, 0.2) is 18.2 Å². The lowest BCUT2D eigenvalue weighted by molar-refractivity contribution is -0.144. The molecule has 1 aromatic rings. The van der Waals surface area contributed by atoms with Crippen molar-refractivity contribution in [3.63, 3.8) is 0 Å². The van der Waals surface area contributed by atoms with Crippen LogP contribution in [0.3, 0.4) is 0 Å². The first-order valence-corrected chi connectivity index (χ1v) is 8.20. The van der Waals surface area contributed by atoms with Crippen molar-refractivity contribution < 1.29 is 27.9 Å². The van der Waals surface area contributed by atoms with Crippen molar-refractivity contribution in [1.29, 1.82) is 0 Å². The van der Waals surface area contributed by atoms with E-state index in [1.54, 1.807) is 13.2 Å². The zero-order valence-electron chi connectivity index (χ0n) is 12.5. The fourth-order valence-corrected chi connectivity index (χ4v) is 3.28. The Hall–Kier alpha value is -1.96. The molecule has 0 aromatic heterocycles. The zero-order valence-corrected chi connectivity index (χ0v) is 13.4. The quantitative estimate of drug-likeness (QED) is 0.605. The minimum Gasteiger partial charge on any atom is -0.465 e. The minimum atomic E-state index is -0.914. The second-order valence-electron chi connectivity index (χ2n) is 4.91. The van der Waals surface area contributed by atoms with Gasteiger partial charge >= 0.3 is 5.97 Å². The number of hydrogen-bond acceptors (Lipinski definition) is 5. The summed E-state index contributed by atoms with van der Waals surface area (Å²) < 4.78 is 31.5. The van der Waals surface area contributed by atoms with Gasteiger partial charge in [-0.25, -0.2) is 8.78 Å². The number of thioether (sulfide) groups is 1. The molecule has 8 heteroatoms. The molecule has 23 heavy (non-hydrogen) atoms. The first-order chi connectivity index (χ1) is 10.9. The molecule has 1 aliphatic rings. The molecule has 5 nitrogen and oxygen atoms in total. The number of imide groups is 1. The molecule has 1 aliphatic heterocycles. The first kappa shape index (κ1) is 17.4. The number of esters is 1. The van der Waals surface area contributed by atoms with E-state index in [0.29, 0.717) is 6.07 Å². The summed E-state index contributed by atoms with van der Waals surface area (Å²) in [6, 6.07) is 2.45. The fourth-order valence-electron chi connectivity index (χ4n) is 2.48. The number of ether oxygens (including phenoxy) is 1. The van der Waals surface area contributed by atoms with Gasteiger partial charge in [-0.3, -0.25) is 19.3 Å². The Labute approximate surface area is 136 Å². The number of amides is 2. The highest BCUT2D eigenvalue weighted by Gasteiger charge is 2.46. The van der Waals surface area contributed by atoms with E-state index in [0.717, 1.165) is 28.8 Å². The lowest BCUT2D eigenvalue weighted by Gasteiger charge is -2.19. The summed E-state index contributed by atoms with van der Waals surface area (Å²) >= 11 is 1.10. The number of benzene rings is 1. The molecule has 2 unspecified atom stereocenters. The van der Waals surface area contributed by atoms with Gasteiger partial charge in [0.1, 0.15) is 16.9 Å². The third-order valence-corrected chi connectivity index (χ3v) is 4.45. The second-order valence-corrected chi connectivity index (χ2v) is 5.89. The van der Waals surface area contributed by atoms with E-state index in [2.05, 4.69) is 0 Å². The van der Waals surface area contributed by atoms with Gasteiger partial charge in [0.05, 0.1) is 18.2 Å². The van der Waals surface area contributed by atoms with E-state index >= 15 is 0 Å². The number of anilines is 1. The van der Waals surface area contributed by atoms with Gasteiger partial charge in [-0.05, 0) is 25.3 Å². The van der Waals surface area contributed by atoms with Crippen LogP contribution in [0.2, 0.25) is 0 Å². The van der Waals surface area contributed by atoms with Gasteiger partial charge in [-0.2, -0.15) is 0 Å². The Morgan fingerprint density at radius 3 is 2.48 bits per heavy atom. The second kappa shape index (κ2) is 7.08. The predicted molar refractivity (Wildman–Crippen MR) is 80.9 cm³/mol. The van der Waals surface area contributed by atoms with Crippen LogP contribution in [0.1, 0.15) is 13.3 Å². The van der Waals surface area contributed by atoms with E-state index in [1.165, 1.54) is 0 Å². The molecule has 124 valence electrons. The first-order valence-electron chi connectivity index (χ1n) is 6.91. The Morgan fingerprint density at radius 1 is 1.35 bits per heavy atom. The molecule has 0 radical (unpaired) electrons. The van der Waals surface area contributed by atoms with Crippen molar-refractivity contribution in [3.05, 3.63) is 29.8 Å². The summed E-state index contributed by atoms with van der Waals surface area (Å²) in [5.41, 5.74) is -0.177. The number of rotatable bonds is 5. The number of nitrogens with zero attached hydrogens (tertiary/aromatic N) is 1. The van der Waals surface area contributed by atoms with Crippen LogP contribution in [0, 0.1) is 17.6 Å². The van der Waals surface area contributed by atoms with Gasteiger partial charge in [0.25, 0.3) is 0 Å². The Bertz CT molecular complexity index is 632. The van der Waals surface area contributed by atoms with E-state index in [-0.39, 0.29) is 18.7 Å². The van der Waals surface area contributed by atoms with E-state index in [9.17, 15) is 23.2 Å². The molecule has 1 saturated heterocycles. The van der Waals surface area contributed by atoms with E-state index < -0.39 is 40.6 Å². The molecule has 0 aliphatic carbocycles. The maximum Gasteiger partial charge on any atom is 0.319 e. The van der Waals surface area contributed by atoms with E-state index in [4.69, 9.17) is 4.74 Å². The summed E-state index contributed by atoms with van der Waals surface area (Å²) in [6.45, 7) is 1.79. The average molecular weight is 343 g/mol. The number of carbonyl (C=O) groups excluding carboxylic acids is 3. The molecular formula is C15H15F2NO4S. The molecule has 1 fully saturated rings. The topological polar surface area (TPSA) is 63.7 Å². The van der Waals surface area contributed by atoms with Crippen LogP contribution in [0.25, 0.3) is 0 Å². The molecule has 0 spiro atoms. The van der Waals surface area contributed by atoms with Crippen LogP contribution in [0.5, 0.6) is 0 Å². The maximum atomic E-state index is 13.3. The molecule has 0 bridgehead atoms. The smallest absolute Gasteiger partial charge is 0.319 e. The molecule has 2 atom stereocenters. The summed E-state index contributed by atoms with van der Waals surface area (Å²) in [5.74, 6) is -4.55. The maximum absolute atomic E-state index is 13.3. The number of hydrogen-bond donors (Lipinski definition) is 0. The third kappa shape index (κ3) is 3.52. The highest BCUT2D eigenvalue weighted by atomic mass is 32.2. The fraction of sp³-hybridized carbons (Fsp3) is 0.400. The van der Waals surface area contributed by atoms with Crippen LogP contribution in [-0.2, 0) is 19.1 Å². The zero-order chi connectivity index (χ0) is 17.1. The molecule has 1 heterocycles. The minimum absolute atomic E-state index is 0.156. The van der Waals surface area contributed by atoms with Crippen LogP contribution in [0.4, 0.5) is 14.5 Å². The van der Waals surface area contributed by atoms with Crippen molar-refractivity contribution in [2.75, 3.05) is 17.8 Å². The van der Waals surface area contributed by atoms with Crippen molar-refractivity contribution in [2.24, 2.45) is 5.92 Å². The Kier molecular flexibility index (Phi) is 5.35. The summed E-state index contributed by atoms with van der Waals surface area (Å²) in [5, 5.41) is -0.838. The summed E-state index contributed by atoms with van der Waals surface area (Å²) in [7, 11) is 0. The Morgan fingerprint density at radius 2 is 1.96 bits per heavy atom. The Balaban J connectivity index is 2.30. The van der Waals surface area contributed by atoms with Crippen molar-refractivity contribution in [1.82, 2.24) is 0 Å². The molecule has 0 saturated carbocycles. The lowest BCUT2D eigenvalue weighted by atomic mass is 10.0. The largest absolute Gasteiger partial charge is 0.465 e. The SMILES string of the molecule is CCOC(=O)C(SC)C1CC(=O)N(c2cc(F)cc(F)c2)C1=O. The molecule has 2 amide bonds. The standard InChI is InChI=1S/C15H15F2NO4S/c1-3-22-15(21)13(23-2)11-7-12(19)18(14(11)20)10-5-8(16)4-9(17)6-10/h4-6,11,13H,3,7H2,1-2H3. The summed E-state index contributed by atoms with van der Waals surface area (Å²) in [6.07, 6.45) is 1.42. The molecular weight excluding hydrogens is 328 g/mol. The molecule has 2 rings (SSSR count). The van der Waals surface area contributed by atoms with Gasteiger partial charge in [-0.15, -0.1) is 11.8 Å². The predicted octanol–water partition coefficient (Wildman–Crippen LogP) is 2.14. The number of carbonyl (C=O) groups is 3. The highest BCUT2D eigenvalue weighted by Crippen LogP contribution is 2.33. The lowest BCUT2D eigenvalue weighted by Crippen LogP contribution is -2.36. The number of halogens is 2. The van der Waals surface area contributed by atoms with Crippen LogP contribution < -0.4 is 4.90 Å². The van der Waals surface area contributed by atoms with Crippen molar-refractivity contribution >= 4 is 35.2 Å². The van der Waals surface area contributed by atoms with Crippen molar-refractivity contribution in [3.8, 4) is 0 Å². The van der Waals surface area contributed by atoms with Gasteiger partial charge in [0, 0.05) is 12.5 Å². The molecule has 1 aromatic carbocycles. The van der Waals surface area contributed by atoms with Gasteiger partial charge in [0.15, 0.2) is 0 Å². The van der Waals surface area contributed by atoms with Gasteiger partial charge in [0.2, 0.25) is 11.8 Å². The van der Waals surface area contributed by atoms with Gasteiger partial charge < -0.3 is 4.74 Å².